The van der Waals surface area contributed by atoms with Crippen LogP contribution in [0.5, 0.6) is 0 Å². The minimum Gasteiger partial charge on any atom is -0.356 e. The molecule has 1 heterocycles. The maximum Gasteiger partial charge on any atom is 0.274 e. The molecule has 2 amide bonds. The van der Waals surface area contributed by atoms with Crippen molar-refractivity contribution in [1.29, 1.82) is 0 Å². The first-order chi connectivity index (χ1) is 11.1. The van der Waals surface area contributed by atoms with Crippen LogP contribution >= 0.6 is 0 Å². The summed E-state index contributed by atoms with van der Waals surface area (Å²) in [7, 11) is 0. The Balaban J connectivity index is 2.49. The van der Waals surface area contributed by atoms with E-state index in [0.717, 1.165) is 31.4 Å². The standard InChI is InChI=1S/C17H28N4O2/c1-4-6-7-9-18-16(22)8-11-21(10-5-2)17(23)15-13-19-14(3)12-20-15/h12-13H,4-11H2,1-3H3,(H,18,22). The van der Waals surface area contributed by atoms with Crippen LogP contribution in [0.25, 0.3) is 0 Å². The van der Waals surface area contributed by atoms with Crippen molar-refractivity contribution in [2.75, 3.05) is 19.6 Å². The van der Waals surface area contributed by atoms with Gasteiger partial charge in [-0.1, -0.05) is 26.7 Å². The predicted molar refractivity (Wildman–Crippen MR) is 90.1 cm³/mol. The summed E-state index contributed by atoms with van der Waals surface area (Å²) >= 11 is 0. The lowest BCUT2D eigenvalue weighted by Gasteiger charge is -2.21. The van der Waals surface area contributed by atoms with Crippen molar-refractivity contribution in [3.8, 4) is 0 Å². The molecule has 0 radical (unpaired) electrons. The van der Waals surface area contributed by atoms with E-state index >= 15 is 0 Å². The van der Waals surface area contributed by atoms with Gasteiger partial charge in [-0.3, -0.25) is 14.6 Å². The summed E-state index contributed by atoms with van der Waals surface area (Å²) in [5.74, 6) is -0.178. The van der Waals surface area contributed by atoms with Gasteiger partial charge in [-0.25, -0.2) is 4.98 Å². The molecule has 1 aromatic heterocycles. The minimum atomic E-state index is -0.168. The second kappa shape index (κ2) is 10.7. The molecule has 0 bridgehead atoms. The van der Waals surface area contributed by atoms with Crippen molar-refractivity contribution in [3.63, 3.8) is 0 Å². The molecule has 0 fully saturated rings. The largest absolute Gasteiger partial charge is 0.356 e. The molecular weight excluding hydrogens is 292 g/mol. The van der Waals surface area contributed by atoms with E-state index in [2.05, 4.69) is 22.2 Å². The Morgan fingerprint density at radius 3 is 2.48 bits per heavy atom. The van der Waals surface area contributed by atoms with Gasteiger partial charge in [0.15, 0.2) is 0 Å². The number of aromatic nitrogens is 2. The number of rotatable bonds is 10. The molecule has 0 aliphatic heterocycles. The molecule has 0 saturated carbocycles. The normalized spacial score (nSPS) is 10.4. The van der Waals surface area contributed by atoms with Gasteiger partial charge in [-0.15, -0.1) is 0 Å². The van der Waals surface area contributed by atoms with Gasteiger partial charge in [0.1, 0.15) is 5.69 Å². The summed E-state index contributed by atoms with van der Waals surface area (Å²) in [6, 6.07) is 0. The summed E-state index contributed by atoms with van der Waals surface area (Å²) < 4.78 is 0. The van der Waals surface area contributed by atoms with Gasteiger partial charge < -0.3 is 10.2 Å². The zero-order valence-corrected chi connectivity index (χ0v) is 14.5. The first kappa shape index (κ1) is 19.1. The van der Waals surface area contributed by atoms with Crippen LogP contribution in [0.4, 0.5) is 0 Å². The summed E-state index contributed by atoms with van der Waals surface area (Å²) in [5, 5.41) is 2.90. The van der Waals surface area contributed by atoms with Gasteiger partial charge in [0.05, 0.1) is 11.9 Å². The molecule has 6 heteroatoms. The lowest BCUT2D eigenvalue weighted by atomic mass is 10.2. The molecule has 1 rings (SSSR count). The second-order valence-corrected chi connectivity index (χ2v) is 5.64. The molecule has 0 aliphatic rings. The zero-order chi connectivity index (χ0) is 17.1. The molecule has 128 valence electrons. The molecule has 23 heavy (non-hydrogen) atoms. The summed E-state index contributed by atoms with van der Waals surface area (Å²) in [4.78, 5) is 34.2. The highest BCUT2D eigenvalue weighted by Crippen LogP contribution is 2.04. The maximum atomic E-state index is 12.4. The average molecular weight is 320 g/mol. The molecular formula is C17H28N4O2. The first-order valence-corrected chi connectivity index (χ1v) is 8.43. The van der Waals surface area contributed by atoms with Crippen LogP contribution in [-0.2, 0) is 4.79 Å². The fourth-order valence-corrected chi connectivity index (χ4v) is 2.18. The van der Waals surface area contributed by atoms with Crippen molar-refractivity contribution in [2.24, 2.45) is 0 Å². The number of hydrogen-bond acceptors (Lipinski definition) is 4. The first-order valence-electron chi connectivity index (χ1n) is 8.43. The number of amides is 2. The highest BCUT2D eigenvalue weighted by Gasteiger charge is 2.17. The van der Waals surface area contributed by atoms with E-state index in [9.17, 15) is 9.59 Å². The Labute approximate surface area is 138 Å². The second-order valence-electron chi connectivity index (χ2n) is 5.64. The maximum absolute atomic E-state index is 12.4. The smallest absolute Gasteiger partial charge is 0.274 e. The number of carbonyl (C=O) groups excluding carboxylic acids is 2. The van der Waals surface area contributed by atoms with Crippen LogP contribution in [0.3, 0.4) is 0 Å². The Kier molecular flexibility index (Phi) is 8.87. The fraction of sp³-hybridized carbons (Fsp3) is 0.647. The van der Waals surface area contributed by atoms with Crippen LogP contribution in [0.2, 0.25) is 0 Å². The zero-order valence-electron chi connectivity index (χ0n) is 14.5. The van der Waals surface area contributed by atoms with Crippen LogP contribution in [0.1, 0.15) is 62.1 Å². The van der Waals surface area contributed by atoms with Crippen LogP contribution < -0.4 is 5.32 Å². The summed E-state index contributed by atoms with van der Waals surface area (Å²) in [5.41, 5.74) is 1.10. The van der Waals surface area contributed by atoms with Crippen molar-refractivity contribution >= 4 is 11.8 Å². The van der Waals surface area contributed by atoms with E-state index in [1.54, 1.807) is 11.1 Å². The third-order valence-electron chi connectivity index (χ3n) is 3.49. The van der Waals surface area contributed by atoms with Crippen molar-refractivity contribution in [3.05, 3.63) is 23.8 Å². The monoisotopic (exact) mass is 320 g/mol. The fourth-order valence-electron chi connectivity index (χ4n) is 2.18. The minimum absolute atomic E-state index is 0.00926. The topological polar surface area (TPSA) is 75.2 Å². The molecule has 0 aromatic carbocycles. The Morgan fingerprint density at radius 1 is 1.09 bits per heavy atom. The van der Waals surface area contributed by atoms with Crippen LogP contribution in [0.15, 0.2) is 12.4 Å². The van der Waals surface area contributed by atoms with E-state index in [-0.39, 0.29) is 11.8 Å². The molecule has 0 unspecified atom stereocenters. The SMILES string of the molecule is CCCCCNC(=O)CCN(CCC)C(=O)c1cnc(C)cn1. The quantitative estimate of drug-likeness (QED) is 0.671. The van der Waals surface area contributed by atoms with Crippen LogP contribution in [0, 0.1) is 6.92 Å². The van der Waals surface area contributed by atoms with Gasteiger partial charge >= 0.3 is 0 Å². The van der Waals surface area contributed by atoms with Gasteiger partial charge in [0, 0.05) is 32.3 Å². The van der Waals surface area contributed by atoms with E-state index < -0.39 is 0 Å². The Morgan fingerprint density at radius 2 is 1.87 bits per heavy atom. The highest BCUT2D eigenvalue weighted by molar-refractivity contribution is 5.92. The molecule has 1 N–H and O–H groups in total. The number of carbonyl (C=O) groups is 2. The lowest BCUT2D eigenvalue weighted by molar-refractivity contribution is -0.121. The Hall–Kier alpha value is -1.98. The van der Waals surface area contributed by atoms with Crippen molar-refractivity contribution in [2.45, 2.75) is 52.9 Å². The number of hydrogen-bond donors (Lipinski definition) is 1. The molecule has 0 spiro atoms. The molecule has 0 atom stereocenters. The third-order valence-corrected chi connectivity index (χ3v) is 3.49. The van der Waals surface area contributed by atoms with E-state index in [1.807, 2.05) is 13.8 Å². The highest BCUT2D eigenvalue weighted by atomic mass is 16.2. The van der Waals surface area contributed by atoms with Crippen molar-refractivity contribution < 1.29 is 9.59 Å². The van der Waals surface area contributed by atoms with E-state index in [1.165, 1.54) is 6.20 Å². The summed E-state index contributed by atoms with van der Waals surface area (Å²) in [6.07, 6.45) is 7.47. The van der Waals surface area contributed by atoms with Crippen LogP contribution in [-0.4, -0.2) is 46.3 Å². The molecule has 0 aliphatic carbocycles. The van der Waals surface area contributed by atoms with Gasteiger partial charge in [-0.05, 0) is 19.8 Å². The number of aryl methyl sites for hydroxylation is 1. The number of nitrogens with one attached hydrogen (secondary N) is 1. The lowest BCUT2D eigenvalue weighted by Crippen LogP contribution is -2.36. The predicted octanol–water partition coefficient (Wildman–Crippen LogP) is 2.33. The third kappa shape index (κ3) is 7.21. The Bertz CT molecular complexity index is 488. The average Bonchev–Trinajstić information content (AvgIpc) is 2.55. The summed E-state index contributed by atoms with van der Waals surface area (Å²) in [6.45, 7) is 7.68. The van der Waals surface area contributed by atoms with Gasteiger partial charge in [0.25, 0.3) is 5.91 Å². The molecule has 1 aromatic rings. The molecule has 0 saturated heterocycles. The van der Waals surface area contributed by atoms with Crippen molar-refractivity contribution in [1.82, 2.24) is 20.2 Å². The van der Waals surface area contributed by atoms with Gasteiger partial charge in [0.2, 0.25) is 5.91 Å². The molecule has 6 nitrogen and oxygen atoms in total. The van der Waals surface area contributed by atoms with E-state index in [0.29, 0.717) is 31.7 Å². The number of nitrogens with zero attached hydrogens (tertiary/aromatic N) is 3. The number of unbranched alkanes of at least 4 members (excludes halogenated alkanes) is 2. The van der Waals surface area contributed by atoms with E-state index in [4.69, 9.17) is 0 Å². The van der Waals surface area contributed by atoms with Gasteiger partial charge in [-0.2, -0.15) is 0 Å².